The summed E-state index contributed by atoms with van der Waals surface area (Å²) in [5, 5.41) is 9.90. The lowest BCUT2D eigenvalue weighted by atomic mass is 9.88. The van der Waals surface area contributed by atoms with Gasteiger partial charge < -0.3 is 14.7 Å². The minimum atomic E-state index is -3.57. The molecule has 0 saturated carbocycles. The van der Waals surface area contributed by atoms with E-state index in [4.69, 9.17) is 4.74 Å². The fourth-order valence-electron chi connectivity index (χ4n) is 5.92. The van der Waals surface area contributed by atoms with Crippen LogP contribution >= 0.6 is 0 Å². The van der Waals surface area contributed by atoms with Gasteiger partial charge in [0.15, 0.2) is 11.6 Å². The number of aromatic nitrogens is 2. The molecule has 0 aliphatic carbocycles. The molecule has 3 aliphatic heterocycles. The number of rotatable bonds is 9. The molecule has 0 spiro atoms. The molecule has 3 aliphatic rings. The normalized spacial score (nSPS) is 20.6. The van der Waals surface area contributed by atoms with Crippen molar-refractivity contribution in [3.8, 4) is 5.75 Å². The highest BCUT2D eigenvalue weighted by molar-refractivity contribution is 7.89. The number of aliphatic hydroxyl groups is 1. The van der Waals surface area contributed by atoms with E-state index in [1.807, 2.05) is 12.4 Å². The second-order valence-corrected chi connectivity index (χ2v) is 14.2. The van der Waals surface area contributed by atoms with Gasteiger partial charge in [-0.05, 0) is 69.1 Å². The Morgan fingerprint density at radius 1 is 1.15 bits per heavy atom. The second-order valence-electron chi connectivity index (χ2n) is 12.1. The summed E-state index contributed by atoms with van der Waals surface area (Å²) < 4.78 is 63.7. The molecule has 1 saturated heterocycles. The molecule has 1 atom stereocenters. The maximum Gasteiger partial charge on any atom is 0.225 e. The van der Waals surface area contributed by atoms with Crippen LogP contribution in [-0.2, 0) is 22.9 Å². The maximum atomic E-state index is 15.8. The molecule has 0 radical (unpaired) electrons. The number of nitrogens with zero attached hydrogens (tertiary/aromatic N) is 4. The second kappa shape index (κ2) is 11.9. The average Bonchev–Trinajstić information content (AvgIpc) is 3.41. The van der Waals surface area contributed by atoms with Gasteiger partial charge in [-0.3, -0.25) is 0 Å². The highest BCUT2D eigenvalue weighted by Crippen LogP contribution is 2.42. The summed E-state index contributed by atoms with van der Waals surface area (Å²) >= 11 is 0. The Bertz CT molecular complexity index is 1380. The average molecular weight is 591 g/mol. The highest BCUT2D eigenvalue weighted by atomic mass is 32.2. The Hall–Kier alpha value is -2.63. The van der Waals surface area contributed by atoms with Crippen molar-refractivity contribution in [3.05, 3.63) is 52.9 Å². The summed E-state index contributed by atoms with van der Waals surface area (Å²) in [7, 11) is -3.57. The Kier molecular flexibility index (Phi) is 8.69. The Morgan fingerprint density at radius 3 is 2.46 bits per heavy atom. The molecular weight excluding hydrogens is 550 g/mol. The third kappa shape index (κ3) is 6.73. The Morgan fingerprint density at radius 2 is 1.85 bits per heavy atom. The quantitative estimate of drug-likeness (QED) is 0.459. The largest absolute Gasteiger partial charge is 0.486 e. The number of hydrogen-bond donors (Lipinski definition) is 1. The number of benzene rings is 1. The van der Waals surface area contributed by atoms with Gasteiger partial charge in [-0.15, -0.1) is 0 Å². The van der Waals surface area contributed by atoms with Crippen LogP contribution in [0.15, 0.2) is 24.5 Å². The van der Waals surface area contributed by atoms with E-state index >= 15 is 8.78 Å². The molecule has 1 fully saturated rings. The molecule has 8 nitrogen and oxygen atoms in total. The van der Waals surface area contributed by atoms with Crippen LogP contribution < -0.4 is 9.64 Å². The summed E-state index contributed by atoms with van der Waals surface area (Å²) in [6.07, 6.45) is 9.48. The maximum absolute atomic E-state index is 15.8. The van der Waals surface area contributed by atoms with Crippen molar-refractivity contribution in [1.82, 2.24) is 14.3 Å². The van der Waals surface area contributed by atoms with Gasteiger partial charge in [0.25, 0.3) is 0 Å². The zero-order chi connectivity index (χ0) is 29.4. The molecule has 1 unspecified atom stereocenters. The van der Waals surface area contributed by atoms with E-state index in [2.05, 4.69) is 21.8 Å². The van der Waals surface area contributed by atoms with Crippen molar-refractivity contribution >= 4 is 21.5 Å². The molecule has 4 heterocycles. The molecule has 5 rings (SSSR count). The van der Waals surface area contributed by atoms with Crippen LogP contribution in [-0.4, -0.2) is 71.4 Å². The number of sulfonamides is 1. The summed E-state index contributed by atoms with van der Waals surface area (Å²) in [6, 6.07) is 1.18. The van der Waals surface area contributed by atoms with E-state index in [9.17, 15) is 13.5 Å². The minimum Gasteiger partial charge on any atom is -0.486 e. The van der Waals surface area contributed by atoms with Crippen molar-refractivity contribution in [2.45, 2.75) is 77.4 Å². The number of hydrogen-bond acceptors (Lipinski definition) is 7. The molecule has 1 aromatic carbocycles. The standard InChI is InChI=1S/C30H40F2N4O4S/c1-4-5-20-18-33-29(34-19-20)35-11-6-22(7-12-35)26-17-24-27(32)23(16-25(31)28(24)40-26)21-8-13-36(14-9-21)41(38,39)15-10-30(2,3)37/h8,16,18-19,22,26,37H,4-7,9-15,17H2,1-3H3. The fourth-order valence-corrected chi connectivity index (χ4v) is 7.61. The molecule has 41 heavy (non-hydrogen) atoms. The van der Waals surface area contributed by atoms with E-state index in [0.29, 0.717) is 17.9 Å². The minimum absolute atomic E-state index is 0.000702. The lowest BCUT2D eigenvalue weighted by Crippen LogP contribution is -2.40. The van der Waals surface area contributed by atoms with Gasteiger partial charge in [0.1, 0.15) is 11.9 Å². The molecule has 1 aromatic heterocycles. The van der Waals surface area contributed by atoms with Crippen LogP contribution in [0.1, 0.15) is 69.6 Å². The first kappa shape index (κ1) is 29.8. The third-order valence-electron chi connectivity index (χ3n) is 8.40. The topological polar surface area (TPSA) is 95.9 Å². The Labute approximate surface area is 241 Å². The first-order valence-corrected chi connectivity index (χ1v) is 16.2. The van der Waals surface area contributed by atoms with Gasteiger partial charge in [-0.1, -0.05) is 19.4 Å². The molecule has 0 bridgehead atoms. The van der Waals surface area contributed by atoms with Crippen LogP contribution in [0.4, 0.5) is 14.7 Å². The van der Waals surface area contributed by atoms with E-state index in [0.717, 1.165) is 44.3 Å². The van der Waals surface area contributed by atoms with Crippen LogP contribution in [0.5, 0.6) is 5.75 Å². The predicted octanol–water partition coefficient (Wildman–Crippen LogP) is 4.51. The first-order chi connectivity index (χ1) is 19.4. The number of halogens is 2. The zero-order valence-corrected chi connectivity index (χ0v) is 24.9. The smallest absolute Gasteiger partial charge is 0.225 e. The molecule has 224 valence electrons. The van der Waals surface area contributed by atoms with Crippen LogP contribution in [0, 0.1) is 17.6 Å². The van der Waals surface area contributed by atoms with Crippen LogP contribution in [0.2, 0.25) is 0 Å². The van der Waals surface area contributed by atoms with Gasteiger partial charge in [0, 0.05) is 56.1 Å². The molecular formula is C30H40F2N4O4S. The highest BCUT2D eigenvalue weighted by Gasteiger charge is 2.38. The Balaban J connectivity index is 1.22. The van der Waals surface area contributed by atoms with Crippen molar-refractivity contribution in [2.75, 3.05) is 36.8 Å². The summed E-state index contributed by atoms with van der Waals surface area (Å²) in [6.45, 7) is 7.05. The number of aryl methyl sites for hydroxylation is 1. The first-order valence-electron chi connectivity index (χ1n) is 14.6. The van der Waals surface area contributed by atoms with E-state index in [-0.39, 0.29) is 60.6 Å². The van der Waals surface area contributed by atoms with Crippen molar-refractivity contribution < 1.29 is 27.0 Å². The van der Waals surface area contributed by atoms with Gasteiger partial charge in [-0.2, -0.15) is 4.31 Å². The SMILES string of the molecule is CCCc1cnc(N2CCC(C3Cc4c(F)c(C5=CCN(S(=O)(=O)CCC(C)(C)O)CC5)cc(F)c4O3)CC2)nc1. The van der Waals surface area contributed by atoms with Crippen molar-refractivity contribution in [2.24, 2.45) is 5.92 Å². The van der Waals surface area contributed by atoms with Crippen molar-refractivity contribution in [3.63, 3.8) is 0 Å². The summed E-state index contributed by atoms with van der Waals surface area (Å²) in [5.41, 5.74) is 1.08. The van der Waals surface area contributed by atoms with Gasteiger partial charge in [-0.25, -0.2) is 27.2 Å². The van der Waals surface area contributed by atoms with E-state index < -0.39 is 27.3 Å². The van der Waals surface area contributed by atoms with Crippen LogP contribution in [0.25, 0.3) is 5.57 Å². The number of ether oxygens (including phenoxy) is 1. The predicted molar refractivity (Wildman–Crippen MR) is 154 cm³/mol. The molecule has 2 aromatic rings. The number of piperidine rings is 1. The molecule has 1 N–H and O–H groups in total. The zero-order valence-electron chi connectivity index (χ0n) is 24.1. The van der Waals surface area contributed by atoms with Gasteiger partial charge in [0.2, 0.25) is 16.0 Å². The monoisotopic (exact) mass is 590 g/mol. The lowest BCUT2D eigenvalue weighted by Gasteiger charge is -2.34. The van der Waals surface area contributed by atoms with Crippen molar-refractivity contribution in [1.29, 1.82) is 0 Å². The van der Waals surface area contributed by atoms with Gasteiger partial charge >= 0.3 is 0 Å². The molecule has 0 amide bonds. The molecule has 11 heteroatoms. The van der Waals surface area contributed by atoms with E-state index in [1.165, 1.54) is 10.4 Å². The fraction of sp³-hybridized carbons (Fsp3) is 0.600. The number of fused-ring (bicyclic) bond motifs is 1. The number of anilines is 1. The van der Waals surface area contributed by atoms with Gasteiger partial charge in [0.05, 0.1) is 11.4 Å². The van der Waals surface area contributed by atoms with E-state index in [1.54, 1.807) is 19.9 Å². The lowest BCUT2D eigenvalue weighted by molar-refractivity contribution is 0.0769. The summed E-state index contributed by atoms with van der Waals surface area (Å²) in [4.78, 5) is 11.2. The van der Waals surface area contributed by atoms with Crippen LogP contribution in [0.3, 0.4) is 0 Å². The summed E-state index contributed by atoms with van der Waals surface area (Å²) in [5.74, 6) is -0.357. The third-order valence-corrected chi connectivity index (χ3v) is 10.2.